The molecule has 0 spiro atoms. The molecule has 6 heteroatoms. The van der Waals surface area contributed by atoms with Crippen molar-refractivity contribution < 1.29 is 8.42 Å². The van der Waals surface area contributed by atoms with Gasteiger partial charge >= 0.3 is 0 Å². The molecule has 2 heterocycles. The van der Waals surface area contributed by atoms with Crippen molar-refractivity contribution >= 4 is 10.0 Å². The van der Waals surface area contributed by atoms with E-state index in [-0.39, 0.29) is 0 Å². The lowest BCUT2D eigenvalue weighted by atomic mass is 9.82. The van der Waals surface area contributed by atoms with Gasteiger partial charge in [-0.2, -0.15) is 4.31 Å². The molecular weight excluding hydrogens is 310 g/mol. The minimum Gasteiger partial charge on any atom is -0.335 e. The predicted octanol–water partition coefficient (Wildman–Crippen LogP) is 2.81. The first-order chi connectivity index (χ1) is 10.9. The van der Waals surface area contributed by atoms with Crippen LogP contribution < -0.4 is 0 Å². The highest BCUT2D eigenvalue weighted by molar-refractivity contribution is 7.88. The Balaban J connectivity index is 1.70. The maximum absolute atomic E-state index is 12.2. The molecule has 0 aromatic carbocycles. The molecule has 0 saturated heterocycles. The van der Waals surface area contributed by atoms with Crippen LogP contribution in [0.1, 0.15) is 57.0 Å². The zero-order valence-electron chi connectivity index (χ0n) is 14.4. The van der Waals surface area contributed by atoms with Crippen LogP contribution in [-0.4, -0.2) is 35.1 Å². The second kappa shape index (κ2) is 6.93. The Hall–Kier alpha value is -0.880. The average Bonchev–Trinajstić information content (AvgIpc) is 2.88. The summed E-state index contributed by atoms with van der Waals surface area (Å²) in [6.07, 6.45) is 11.6. The Morgan fingerprint density at radius 1 is 1.30 bits per heavy atom. The van der Waals surface area contributed by atoms with Gasteiger partial charge in [-0.1, -0.05) is 19.8 Å². The zero-order valence-corrected chi connectivity index (χ0v) is 15.2. The summed E-state index contributed by atoms with van der Waals surface area (Å²) in [6.45, 7) is 4.36. The molecule has 1 aromatic heterocycles. The number of nitrogens with zero attached hydrogens (tertiary/aromatic N) is 3. The van der Waals surface area contributed by atoms with Gasteiger partial charge in [-0.15, -0.1) is 0 Å². The molecule has 0 radical (unpaired) electrons. The van der Waals surface area contributed by atoms with Gasteiger partial charge in [0, 0.05) is 25.7 Å². The standard InChI is InChI=1S/C17H29N3O2S/c1-14-6-5-7-15(10-14)11-20(23(2,21)22)13-16-12-19-9-4-3-8-17(19)18-16/h12,14-15H,3-11,13H2,1-2H3/t14-,15+/m1/s1. The molecule has 1 aromatic rings. The largest absolute Gasteiger partial charge is 0.335 e. The normalized spacial score (nSPS) is 25.5. The Morgan fingerprint density at radius 2 is 2.13 bits per heavy atom. The third kappa shape index (κ3) is 4.35. The lowest BCUT2D eigenvalue weighted by Gasteiger charge is -2.30. The number of aryl methyl sites for hydroxylation is 2. The third-order valence-corrected chi connectivity index (χ3v) is 6.49. The van der Waals surface area contributed by atoms with Gasteiger partial charge in [-0.05, 0) is 37.5 Å². The van der Waals surface area contributed by atoms with E-state index >= 15 is 0 Å². The van der Waals surface area contributed by atoms with Gasteiger partial charge < -0.3 is 4.57 Å². The number of sulfonamides is 1. The van der Waals surface area contributed by atoms with Crippen LogP contribution in [0.2, 0.25) is 0 Å². The quantitative estimate of drug-likeness (QED) is 0.829. The fourth-order valence-corrected chi connectivity index (χ4v) is 4.91. The Morgan fingerprint density at radius 3 is 2.83 bits per heavy atom. The van der Waals surface area contributed by atoms with Gasteiger partial charge in [0.15, 0.2) is 0 Å². The summed E-state index contributed by atoms with van der Waals surface area (Å²) in [5.41, 5.74) is 0.899. The van der Waals surface area contributed by atoms with Crippen LogP contribution in [-0.2, 0) is 29.5 Å². The Bertz CT molecular complexity index is 615. The van der Waals surface area contributed by atoms with E-state index in [1.807, 2.05) is 0 Å². The van der Waals surface area contributed by atoms with Crippen LogP contribution in [0.3, 0.4) is 0 Å². The molecule has 2 atom stereocenters. The summed E-state index contributed by atoms with van der Waals surface area (Å²) in [4.78, 5) is 4.67. The van der Waals surface area contributed by atoms with E-state index in [2.05, 4.69) is 22.7 Å². The fourth-order valence-electron chi connectivity index (χ4n) is 4.06. The summed E-state index contributed by atoms with van der Waals surface area (Å²) in [7, 11) is -3.20. The highest BCUT2D eigenvalue weighted by Crippen LogP contribution is 2.30. The van der Waals surface area contributed by atoms with E-state index in [1.54, 1.807) is 4.31 Å². The topological polar surface area (TPSA) is 55.2 Å². The molecule has 5 nitrogen and oxygen atoms in total. The molecule has 1 fully saturated rings. The summed E-state index contributed by atoms with van der Waals surface area (Å²) in [5, 5.41) is 0. The molecule has 1 aliphatic carbocycles. The summed E-state index contributed by atoms with van der Waals surface area (Å²) in [6, 6.07) is 0. The van der Waals surface area contributed by atoms with E-state index in [0.717, 1.165) is 43.2 Å². The van der Waals surface area contributed by atoms with Crippen molar-refractivity contribution in [1.82, 2.24) is 13.9 Å². The number of fused-ring (bicyclic) bond motifs is 1. The molecular formula is C17H29N3O2S. The van der Waals surface area contributed by atoms with Crippen LogP contribution in [0.5, 0.6) is 0 Å². The molecule has 0 amide bonds. The van der Waals surface area contributed by atoms with E-state index in [1.165, 1.54) is 31.9 Å². The molecule has 0 bridgehead atoms. The van der Waals surface area contributed by atoms with E-state index in [4.69, 9.17) is 0 Å². The number of hydrogen-bond acceptors (Lipinski definition) is 3. The van der Waals surface area contributed by atoms with Crippen molar-refractivity contribution in [3.63, 3.8) is 0 Å². The Kier molecular flexibility index (Phi) is 5.11. The van der Waals surface area contributed by atoms with Gasteiger partial charge in [0.05, 0.1) is 18.5 Å². The van der Waals surface area contributed by atoms with E-state index in [0.29, 0.717) is 19.0 Å². The van der Waals surface area contributed by atoms with E-state index < -0.39 is 10.0 Å². The van der Waals surface area contributed by atoms with Crippen molar-refractivity contribution in [2.75, 3.05) is 12.8 Å². The van der Waals surface area contributed by atoms with Crippen LogP contribution in [0.15, 0.2) is 6.20 Å². The molecule has 1 saturated carbocycles. The minimum absolute atomic E-state index is 0.420. The van der Waals surface area contributed by atoms with Crippen molar-refractivity contribution in [1.29, 1.82) is 0 Å². The molecule has 23 heavy (non-hydrogen) atoms. The predicted molar refractivity (Wildman–Crippen MR) is 91.5 cm³/mol. The molecule has 130 valence electrons. The lowest BCUT2D eigenvalue weighted by molar-refractivity contribution is 0.233. The highest BCUT2D eigenvalue weighted by Gasteiger charge is 2.26. The smallest absolute Gasteiger partial charge is 0.211 e. The van der Waals surface area contributed by atoms with Crippen LogP contribution in [0, 0.1) is 11.8 Å². The maximum atomic E-state index is 12.2. The van der Waals surface area contributed by atoms with Crippen molar-refractivity contribution in [3.8, 4) is 0 Å². The van der Waals surface area contributed by atoms with Crippen molar-refractivity contribution in [3.05, 3.63) is 17.7 Å². The fraction of sp³-hybridized carbons (Fsp3) is 0.824. The molecule has 0 N–H and O–H groups in total. The summed E-state index contributed by atoms with van der Waals surface area (Å²) < 4.78 is 28.3. The lowest BCUT2D eigenvalue weighted by Crippen LogP contribution is -2.35. The van der Waals surface area contributed by atoms with Gasteiger partial charge in [0.1, 0.15) is 5.82 Å². The SMILES string of the molecule is C[C@@H]1CCC[C@H](CN(Cc2cn3c(n2)CCCC3)S(C)(=O)=O)C1. The van der Waals surface area contributed by atoms with E-state index in [9.17, 15) is 8.42 Å². The summed E-state index contributed by atoms with van der Waals surface area (Å²) in [5.74, 6) is 2.33. The van der Waals surface area contributed by atoms with Crippen LogP contribution in [0.4, 0.5) is 0 Å². The average molecular weight is 340 g/mol. The van der Waals surface area contributed by atoms with Gasteiger partial charge in [-0.3, -0.25) is 0 Å². The summed E-state index contributed by atoms with van der Waals surface area (Å²) >= 11 is 0. The first-order valence-corrected chi connectivity index (χ1v) is 10.8. The first kappa shape index (κ1) is 17.0. The van der Waals surface area contributed by atoms with Crippen LogP contribution >= 0.6 is 0 Å². The first-order valence-electron chi connectivity index (χ1n) is 8.92. The van der Waals surface area contributed by atoms with Crippen LogP contribution in [0.25, 0.3) is 0 Å². The minimum atomic E-state index is -3.20. The van der Waals surface area contributed by atoms with Gasteiger partial charge in [0.25, 0.3) is 0 Å². The zero-order chi connectivity index (χ0) is 16.4. The molecule has 2 aliphatic rings. The number of imidazole rings is 1. The highest BCUT2D eigenvalue weighted by atomic mass is 32.2. The molecule has 1 aliphatic heterocycles. The Labute approximate surface area is 140 Å². The van der Waals surface area contributed by atoms with Gasteiger partial charge in [0.2, 0.25) is 10.0 Å². The number of rotatable bonds is 5. The second-order valence-corrected chi connectivity index (χ2v) is 9.47. The number of hydrogen-bond donors (Lipinski definition) is 0. The molecule has 3 rings (SSSR count). The number of aromatic nitrogens is 2. The monoisotopic (exact) mass is 339 g/mol. The van der Waals surface area contributed by atoms with Gasteiger partial charge in [-0.25, -0.2) is 13.4 Å². The second-order valence-electron chi connectivity index (χ2n) is 7.49. The maximum Gasteiger partial charge on any atom is 0.211 e. The molecule has 0 unspecified atom stereocenters. The third-order valence-electron chi connectivity index (χ3n) is 5.27. The van der Waals surface area contributed by atoms with Crippen molar-refractivity contribution in [2.24, 2.45) is 11.8 Å². The van der Waals surface area contributed by atoms with Crippen molar-refractivity contribution in [2.45, 2.75) is 65.0 Å².